The molecular formula is C12H13N3O3. The molecule has 94 valence electrons. The maximum Gasteiger partial charge on any atom is 0.358 e. The minimum Gasteiger partial charge on any atom is -0.497 e. The molecule has 0 atom stereocenters. The van der Waals surface area contributed by atoms with Crippen molar-refractivity contribution in [3.63, 3.8) is 0 Å². The second kappa shape index (κ2) is 4.79. The molecule has 0 saturated heterocycles. The van der Waals surface area contributed by atoms with Crippen LogP contribution in [0, 0.1) is 0 Å². The molecule has 6 heteroatoms. The number of hydrogen-bond donors (Lipinski definition) is 2. The van der Waals surface area contributed by atoms with Crippen molar-refractivity contribution >= 4 is 11.7 Å². The number of carboxylic acid groups (broad SMARTS) is 1. The summed E-state index contributed by atoms with van der Waals surface area (Å²) in [7, 11) is 1.60. The average molecular weight is 247 g/mol. The van der Waals surface area contributed by atoms with E-state index in [1.54, 1.807) is 7.11 Å². The summed E-state index contributed by atoms with van der Waals surface area (Å²) in [5, 5.41) is 12.7. The topological polar surface area (TPSA) is 90.4 Å². The van der Waals surface area contributed by atoms with Crippen molar-refractivity contribution in [1.82, 2.24) is 9.78 Å². The van der Waals surface area contributed by atoms with E-state index in [1.807, 2.05) is 24.3 Å². The van der Waals surface area contributed by atoms with Crippen LogP contribution in [0.25, 0.3) is 0 Å². The number of benzene rings is 1. The third-order valence-electron chi connectivity index (χ3n) is 2.50. The lowest BCUT2D eigenvalue weighted by Gasteiger charge is -2.03. The Kier molecular flexibility index (Phi) is 3.18. The summed E-state index contributed by atoms with van der Waals surface area (Å²) in [6.07, 6.45) is 1.51. The lowest BCUT2D eigenvalue weighted by atomic mass is 10.2. The molecule has 0 amide bonds. The number of hydrogen-bond acceptors (Lipinski definition) is 4. The van der Waals surface area contributed by atoms with Crippen molar-refractivity contribution in [2.75, 3.05) is 12.8 Å². The number of carbonyl (C=O) groups is 1. The van der Waals surface area contributed by atoms with Crippen LogP contribution in [0.5, 0.6) is 5.75 Å². The minimum absolute atomic E-state index is 0.122. The van der Waals surface area contributed by atoms with Crippen LogP contribution in [-0.4, -0.2) is 28.0 Å². The number of ether oxygens (including phenoxy) is 1. The smallest absolute Gasteiger partial charge is 0.358 e. The molecule has 0 fully saturated rings. The van der Waals surface area contributed by atoms with Crippen molar-refractivity contribution in [3.8, 4) is 5.75 Å². The number of anilines is 1. The fourth-order valence-electron chi connectivity index (χ4n) is 1.60. The monoisotopic (exact) mass is 247 g/mol. The molecule has 0 unspecified atom stereocenters. The fourth-order valence-corrected chi connectivity index (χ4v) is 1.60. The van der Waals surface area contributed by atoms with E-state index in [0.29, 0.717) is 6.54 Å². The summed E-state index contributed by atoms with van der Waals surface area (Å²) in [6, 6.07) is 7.44. The lowest BCUT2D eigenvalue weighted by molar-refractivity contribution is 0.0690. The average Bonchev–Trinajstić information content (AvgIpc) is 2.71. The van der Waals surface area contributed by atoms with Crippen LogP contribution in [0.2, 0.25) is 0 Å². The third kappa shape index (κ3) is 2.42. The highest BCUT2D eigenvalue weighted by molar-refractivity contribution is 5.91. The molecule has 1 aromatic carbocycles. The van der Waals surface area contributed by atoms with Gasteiger partial charge in [-0.15, -0.1) is 0 Å². The summed E-state index contributed by atoms with van der Waals surface area (Å²) in [5.41, 5.74) is 6.58. The van der Waals surface area contributed by atoms with E-state index in [2.05, 4.69) is 5.10 Å². The van der Waals surface area contributed by atoms with Crippen molar-refractivity contribution in [1.29, 1.82) is 0 Å². The van der Waals surface area contributed by atoms with Gasteiger partial charge in [-0.25, -0.2) is 4.79 Å². The van der Waals surface area contributed by atoms with E-state index in [4.69, 9.17) is 15.6 Å². The second-order valence-corrected chi connectivity index (χ2v) is 3.78. The molecule has 2 rings (SSSR count). The molecule has 0 saturated carbocycles. The van der Waals surface area contributed by atoms with Gasteiger partial charge < -0.3 is 15.6 Å². The number of nitrogens with two attached hydrogens (primary N) is 1. The third-order valence-corrected chi connectivity index (χ3v) is 2.50. The van der Waals surface area contributed by atoms with Crippen LogP contribution in [0.15, 0.2) is 30.5 Å². The maximum absolute atomic E-state index is 10.8. The van der Waals surface area contributed by atoms with Crippen LogP contribution in [0.4, 0.5) is 5.69 Å². The van der Waals surface area contributed by atoms with E-state index in [1.165, 1.54) is 10.9 Å². The van der Waals surface area contributed by atoms with Gasteiger partial charge >= 0.3 is 5.97 Å². The van der Waals surface area contributed by atoms with Gasteiger partial charge in [-0.2, -0.15) is 5.10 Å². The Hall–Kier alpha value is -2.50. The predicted molar refractivity (Wildman–Crippen MR) is 65.7 cm³/mol. The van der Waals surface area contributed by atoms with Crippen LogP contribution in [0.3, 0.4) is 0 Å². The fraction of sp³-hybridized carbons (Fsp3) is 0.167. The maximum atomic E-state index is 10.8. The van der Waals surface area contributed by atoms with Gasteiger partial charge in [0.25, 0.3) is 0 Å². The van der Waals surface area contributed by atoms with E-state index >= 15 is 0 Å². The standard InChI is InChI=1S/C12H13N3O3/c1-18-9-4-2-8(3-5-9)6-15-7-10(13)11(14-15)12(16)17/h2-5,7H,6,13H2,1H3,(H,16,17). The Labute approximate surface area is 104 Å². The Morgan fingerprint density at radius 3 is 2.61 bits per heavy atom. The van der Waals surface area contributed by atoms with E-state index in [0.717, 1.165) is 11.3 Å². The SMILES string of the molecule is COc1ccc(Cn2cc(N)c(C(=O)O)n2)cc1. The van der Waals surface area contributed by atoms with Gasteiger partial charge in [0.05, 0.1) is 19.3 Å². The molecule has 0 bridgehead atoms. The highest BCUT2D eigenvalue weighted by Crippen LogP contribution is 2.14. The molecule has 1 aromatic heterocycles. The Balaban J connectivity index is 2.18. The predicted octanol–water partition coefficient (Wildman–Crippen LogP) is 1.22. The Bertz CT molecular complexity index is 560. The van der Waals surface area contributed by atoms with Crippen LogP contribution >= 0.6 is 0 Å². The number of carboxylic acids is 1. The number of methoxy groups -OCH3 is 1. The zero-order valence-corrected chi connectivity index (χ0v) is 9.83. The lowest BCUT2D eigenvalue weighted by Crippen LogP contribution is -2.04. The highest BCUT2D eigenvalue weighted by atomic mass is 16.5. The van der Waals surface area contributed by atoms with Crippen LogP contribution in [0.1, 0.15) is 16.1 Å². The largest absolute Gasteiger partial charge is 0.497 e. The van der Waals surface area contributed by atoms with Crippen molar-refractivity contribution < 1.29 is 14.6 Å². The molecule has 0 spiro atoms. The Morgan fingerprint density at radius 2 is 2.11 bits per heavy atom. The summed E-state index contributed by atoms with van der Waals surface area (Å²) in [4.78, 5) is 10.8. The van der Waals surface area contributed by atoms with Gasteiger partial charge in [0.15, 0.2) is 5.69 Å². The summed E-state index contributed by atoms with van der Waals surface area (Å²) < 4.78 is 6.55. The van der Waals surface area contributed by atoms with Gasteiger partial charge in [0.1, 0.15) is 5.75 Å². The molecule has 2 aromatic rings. The number of aromatic carboxylic acids is 1. The number of nitrogens with zero attached hydrogens (tertiary/aromatic N) is 2. The van der Waals surface area contributed by atoms with Crippen LogP contribution in [-0.2, 0) is 6.54 Å². The second-order valence-electron chi connectivity index (χ2n) is 3.78. The number of aromatic nitrogens is 2. The van der Waals surface area contributed by atoms with E-state index < -0.39 is 5.97 Å². The molecule has 0 radical (unpaired) electrons. The molecule has 18 heavy (non-hydrogen) atoms. The molecule has 0 aliphatic carbocycles. The quantitative estimate of drug-likeness (QED) is 0.847. The molecule has 3 N–H and O–H groups in total. The summed E-state index contributed by atoms with van der Waals surface area (Å²) >= 11 is 0. The van der Waals surface area contributed by atoms with Crippen LogP contribution < -0.4 is 10.5 Å². The zero-order chi connectivity index (χ0) is 13.1. The molecule has 1 heterocycles. The molecule has 0 aliphatic heterocycles. The van der Waals surface area contributed by atoms with Gasteiger partial charge in [-0.1, -0.05) is 12.1 Å². The number of rotatable bonds is 4. The van der Waals surface area contributed by atoms with E-state index in [-0.39, 0.29) is 11.4 Å². The van der Waals surface area contributed by atoms with Gasteiger partial charge in [-0.3, -0.25) is 4.68 Å². The van der Waals surface area contributed by atoms with Crippen molar-refractivity contribution in [2.24, 2.45) is 0 Å². The summed E-state index contributed by atoms with van der Waals surface area (Å²) in [5.74, 6) is -0.356. The zero-order valence-electron chi connectivity index (χ0n) is 9.83. The first-order chi connectivity index (χ1) is 8.60. The van der Waals surface area contributed by atoms with Gasteiger partial charge in [-0.05, 0) is 17.7 Å². The normalized spacial score (nSPS) is 10.3. The first-order valence-electron chi connectivity index (χ1n) is 5.29. The van der Waals surface area contributed by atoms with E-state index in [9.17, 15) is 4.79 Å². The first kappa shape index (κ1) is 12.0. The minimum atomic E-state index is -1.12. The highest BCUT2D eigenvalue weighted by Gasteiger charge is 2.13. The molecule has 6 nitrogen and oxygen atoms in total. The Morgan fingerprint density at radius 1 is 1.44 bits per heavy atom. The summed E-state index contributed by atoms with van der Waals surface area (Å²) in [6.45, 7) is 0.460. The molecular weight excluding hydrogens is 234 g/mol. The first-order valence-corrected chi connectivity index (χ1v) is 5.29. The van der Waals surface area contributed by atoms with Crippen molar-refractivity contribution in [3.05, 3.63) is 41.7 Å². The molecule has 0 aliphatic rings. The van der Waals surface area contributed by atoms with Crippen molar-refractivity contribution in [2.45, 2.75) is 6.54 Å². The number of nitrogen functional groups attached to an aromatic ring is 1. The van der Waals surface area contributed by atoms with Gasteiger partial charge in [0, 0.05) is 6.20 Å². The van der Waals surface area contributed by atoms with Gasteiger partial charge in [0.2, 0.25) is 0 Å².